The molecule has 0 saturated carbocycles. The van der Waals surface area contributed by atoms with Gasteiger partial charge in [-0.1, -0.05) is 66.7 Å². The Morgan fingerprint density at radius 2 is 1.24 bits per heavy atom. The smallest absolute Gasteiger partial charge is 0.277 e. The molecule has 4 rings (SSSR count). The molecule has 4 heteroatoms. The van der Waals surface area contributed by atoms with Crippen LogP contribution in [0.15, 0.2) is 83.8 Å². The number of rotatable bonds is 2. The normalized spacial score (nSPS) is 12.1. The second kappa shape index (κ2) is 6.87. The summed E-state index contributed by atoms with van der Waals surface area (Å²) in [5.41, 5.74) is 3.77. The lowest BCUT2D eigenvalue weighted by Crippen LogP contribution is -2.33. The molecule has 1 aliphatic heterocycles. The number of urea groups is 1. The van der Waals surface area contributed by atoms with E-state index in [0.29, 0.717) is 0 Å². The maximum atomic E-state index is 13.0. The summed E-state index contributed by atoms with van der Waals surface area (Å²) in [5, 5.41) is 0. The lowest BCUT2D eigenvalue weighted by Gasteiger charge is -2.24. The van der Waals surface area contributed by atoms with Crippen LogP contribution in [0, 0.1) is 0 Å². The average Bonchev–Trinajstić information content (AvgIpc) is 2.84. The lowest BCUT2D eigenvalue weighted by molar-refractivity contribution is 0.254. The largest absolute Gasteiger partial charge is 0.336 e. The number of nitrogens with zero attached hydrogens (tertiary/aromatic N) is 1. The number of fused-ring (bicyclic) bond motifs is 2. The van der Waals surface area contributed by atoms with E-state index in [9.17, 15) is 4.79 Å². The van der Waals surface area contributed by atoms with E-state index in [1.165, 1.54) is 11.9 Å². The van der Waals surface area contributed by atoms with Crippen molar-refractivity contribution in [2.75, 3.05) is 4.90 Å². The number of para-hydroxylation sites is 2. The van der Waals surface area contributed by atoms with E-state index in [2.05, 4.69) is 4.72 Å². The highest BCUT2D eigenvalue weighted by molar-refractivity contribution is 7.98. The molecule has 3 aromatic carbocycles. The summed E-state index contributed by atoms with van der Waals surface area (Å²) in [6.45, 7) is 0. The average molecular weight is 344 g/mol. The number of nitrogens with one attached hydrogen (secondary N) is 1. The Labute approximate surface area is 151 Å². The molecule has 0 fully saturated rings. The summed E-state index contributed by atoms with van der Waals surface area (Å²) < 4.78 is 2.95. The number of carbonyl (C=O) groups is 1. The van der Waals surface area contributed by atoms with Crippen molar-refractivity contribution in [2.45, 2.75) is 4.90 Å². The van der Waals surface area contributed by atoms with Crippen molar-refractivity contribution in [1.82, 2.24) is 4.72 Å². The fraction of sp³-hybridized carbons (Fsp3) is 0. The Balaban J connectivity index is 1.70. The summed E-state index contributed by atoms with van der Waals surface area (Å²) in [6, 6.07) is 25.5. The number of benzene rings is 3. The first-order valence-corrected chi connectivity index (χ1v) is 8.83. The van der Waals surface area contributed by atoms with Gasteiger partial charge in [-0.15, -0.1) is 0 Å². The van der Waals surface area contributed by atoms with Gasteiger partial charge in [0.15, 0.2) is 0 Å². The van der Waals surface area contributed by atoms with E-state index >= 15 is 0 Å². The standard InChI is InChI=1S/C21H16N2OS/c24-21(22-25-18-10-2-1-3-11-18)23-19-12-6-4-8-16(19)14-15-17-9-5-7-13-20(17)23/h1-15H,(H,22,24). The molecule has 0 saturated heterocycles. The van der Waals surface area contributed by atoms with E-state index in [0.717, 1.165) is 27.4 Å². The van der Waals surface area contributed by atoms with Gasteiger partial charge in [0.05, 0.1) is 11.4 Å². The van der Waals surface area contributed by atoms with E-state index < -0.39 is 0 Å². The van der Waals surface area contributed by atoms with Crippen LogP contribution in [0.4, 0.5) is 16.2 Å². The van der Waals surface area contributed by atoms with Gasteiger partial charge in [0.2, 0.25) is 0 Å². The van der Waals surface area contributed by atoms with Gasteiger partial charge in [-0.05, 0) is 47.3 Å². The highest BCUT2D eigenvalue weighted by Gasteiger charge is 2.23. The molecule has 25 heavy (non-hydrogen) atoms. The van der Waals surface area contributed by atoms with Crippen molar-refractivity contribution in [3.05, 3.63) is 90.0 Å². The topological polar surface area (TPSA) is 32.3 Å². The van der Waals surface area contributed by atoms with Crippen LogP contribution in [0.3, 0.4) is 0 Å². The van der Waals surface area contributed by atoms with Gasteiger partial charge in [-0.2, -0.15) is 0 Å². The quantitative estimate of drug-likeness (QED) is 0.603. The Kier molecular flexibility index (Phi) is 4.27. The van der Waals surface area contributed by atoms with E-state index in [4.69, 9.17) is 0 Å². The van der Waals surface area contributed by atoms with Gasteiger partial charge in [0, 0.05) is 4.90 Å². The summed E-state index contributed by atoms with van der Waals surface area (Å²) in [5.74, 6) is 0. The lowest BCUT2D eigenvalue weighted by atomic mass is 10.1. The number of hydrogen-bond acceptors (Lipinski definition) is 2. The molecule has 0 bridgehead atoms. The molecule has 0 radical (unpaired) electrons. The highest BCUT2D eigenvalue weighted by atomic mass is 32.2. The molecule has 3 aromatic rings. The molecule has 0 aromatic heterocycles. The molecule has 0 aliphatic carbocycles. The van der Waals surface area contributed by atoms with Crippen LogP contribution >= 0.6 is 11.9 Å². The van der Waals surface area contributed by atoms with Crippen molar-refractivity contribution < 1.29 is 4.79 Å². The predicted octanol–water partition coefficient (Wildman–Crippen LogP) is 5.73. The van der Waals surface area contributed by atoms with Crippen molar-refractivity contribution in [3.8, 4) is 0 Å². The van der Waals surface area contributed by atoms with Crippen molar-refractivity contribution in [1.29, 1.82) is 0 Å². The van der Waals surface area contributed by atoms with E-state index in [-0.39, 0.29) is 6.03 Å². The highest BCUT2D eigenvalue weighted by Crippen LogP contribution is 2.36. The van der Waals surface area contributed by atoms with Gasteiger partial charge in [0.25, 0.3) is 0 Å². The van der Waals surface area contributed by atoms with Gasteiger partial charge in [-0.25, -0.2) is 4.79 Å². The SMILES string of the molecule is O=C(NSc1ccccc1)N1c2ccccc2C=Cc2ccccc21. The maximum absolute atomic E-state index is 13.0. The van der Waals surface area contributed by atoms with Gasteiger partial charge in [0.1, 0.15) is 0 Å². The second-order valence-corrected chi connectivity index (χ2v) is 6.49. The van der Waals surface area contributed by atoms with E-state index in [1.807, 2.05) is 91.0 Å². The van der Waals surface area contributed by atoms with Crippen molar-refractivity contribution in [3.63, 3.8) is 0 Å². The summed E-state index contributed by atoms with van der Waals surface area (Å²) in [4.78, 5) is 15.7. The minimum atomic E-state index is -0.169. The first kappa shape index (κ1) is 15.5. The first-order chi connectivity index (χ1) is 12.3. The fourth-order valence-corrected chi connectivity index (χ4v) is 3.42. The third-order valence-electron chi connectivity index (χ3n) is 4.00. The molecule has 122 valence electrons. The Hall–Kier alpha value is -2.98. The van der Waals surface area contributed by atoms with Crippen LogP contribution in [0.25, 0.3) is 12.2 Å². The van der Waals surface area contributed by atoms with Gasteiger partial charge >= 0.3 is 6.03 Å². The molecular formula is C21H16N2OS. The fourth-order valence-electron chi connectivity index (χ4n) is 2.83. The van der Waals surface area contributed by atoms with E-state index in [1.54, 1.807) is 4.90 Å². The molecule has 0 atom stereocenters. The monoisotopic (exact) mass is 344 g/mol. The Morgan fingerprint density at radius 3 is 1.84 bits per heavy atom. The van der Waals surface area contributed by atoms with Crippen LogP contribution in [-0.2, 0) is 0 Å². The molecule has 0 spiro atoms. The minimum absolute atomic E-state index is 0.169. The Morgan fingerprint density at radius 1 is 0.720 bits per heavy atom. The minimum Gasteiger partial charge on any atom is -0.277 e. The van der Waals surface area contributed by atoms with Gasteiger partial charge in [-0.3, -0.25) is 9.62 Å². The number of anilines is 2. The first-order valence-electron chi connectivity index (χ1n) is 8.01. The molecule has 1 heterocycles. The number of amides is 2. The number of carbonyl (C=O) groups excluding carboxylic acids is 1. The zero-order chi connectivity index (χ0) is 17.1. The second-order valence-electron chi connectivity index (χ2n) is 5.61. The Bertz CT molecular complexity index is 888. The summed E-state index contributed by atoms with van der Waals surface area (Å²) in [6.07, 6.45) is 4.09. The molecule has 1 N–H and O–H groups in total. The third kappa shape index (κ3) is 3.16. The zero-order valence-electron chi connectivity index (χ0n) is 13.4. The van der Waals surface area contributed by atoms with Crippen LogP contribution in [0.2, 0.25) is 0 Å². The zero-order valence-corrected chi connectivity index (χ0v) is 14.2. The van der Waals surface area contributed by atoms with Crippen LogP contribution in [0.5, 0.6) is 0 Å². The predicted molar refractivity (Wildman–Crippen MR) is 105 cm³/mol. The molecule has 2 amide bonds. The van der Waals surface area contributed by atoms with Crippen molar-refractivity contribution in [2.24, 2.45) is 0 Å². The summed E-state index contributed by atoms with van der Waals surface area (Å²) >= 11 is 1.32. The van der Waals surface area contributed by atoms with Crippen LogP contribution < -0.4 is 9.62 Å². The maximum Gasteiger partial charge on any atom is 0.336 e. The molecule has 0 unspecified atom stereocenters. The molecule has 1 aliphatic rings. The van der Waals surface area contributed by atoms with Crippen LogP contribution in [0.1, 0.15) is 11.1 Å². The third-order valence-corrected chi connectivity index (χ3v) is 4.78. The van der Waals surface area contributed by atoms with Gasteiger partial charge < -0.3 is 0 Å². The summed E-state index contributed by atoms with van der Waals surface area (Å²) in [7, 11) is 0. The van der Waals surface area contributed by atoms with Crippen molar-refractivity contribution >= 4 is 41.5 Å². The molecular weight excluding hydrogens is 328 g/mol. The molecule has 3 nitrogen and oxygen atoms in total. The van der Waals surface area contributed by atoms with Crippen LogP contribution in [-0.4, -0.2) is 6.03 Å². The number of hydrogen-bond donors (Lipinski definition) is 1.